The maximum atomic E-state index is 15.1. The molecule has 0 aliphatic rings. The molecule has 4 nitrogen and oxygen atoms in total. The molecular formula is C33H22F6O4S3. The van der Waals surface area contributed by atoms with Gasteiger partial charge in [0.1, 0.15) is 17.5 Å². The lowest BCUT2D eigenvalue weighted by molar-refractivity contribution is -0.0517. The van der Waals surface area contributed by atoms with E-state index in [1.165, 1.54) is 42.1 Å². The molecule has 238 valence electrons. The second-order valence-electron chi connectivity index (χ2n) is 9.48. The molecule has 0 saturated carbocycles. The number of hydrogen-bond donors (Lipinski definition) is 0. The molecule has 0 aromatic heterocycles. The Morgan fingerprint density at radius 1 is 0.717 bits per heavy atom. The highest BCUT2D eigenvalue weighted by molar-refractivity contribution is 7.99. The van der Waals surface area contributed by atoms with E-state index in [1.54, 1.807) is 61.5 Å². The van der Waals surface area contributed by atoms with Crippen LogP contribution in [0, 0.1) is 24.4 Å². The number of carbonyl (C=O) groups is 1. The Labute approximate surface area is 268 Å². The SMILES string of the molecule is Cc1cc(Sc2ccc([S+](c3ccc(F)cc3)c3ccc(F)cc3)cc2)c(F)cc1C(=O)c1ccccc1.O=S(=O)([O-])C(F)(F)F. The fraction of sp³-hybridized carbons (Fsp3) is 0.0606. The lowest BCUT2D eigenvalue weighted by Crippen LogP contribution is -2.21. The van der Waals surface area contributed by atoms with Crippen LogP contribution in [0.25, 0.3) is 0 Å². The largest absolute Gasteiger partial charge is 0.741 e. The van der Waals surface area contributed by atoms with Gasteiger partial charge < -0.3 is 4.55 Å². The zero-order valence-electron chi connectivity index (χ0n) is 23.6. The minimum Gasteiger partial charge on any atom is -0.741 e. The Kier molecular flexibility index (Phi) is 11.0. The normalized spacial score (nSPS) is 11.6. The van der Waals surface area contributed by atoms with E-state index in [0.29, 0.717) is 21.6 Å². The molecule has 0 radical (unpaired) electrons. The molecule has 0 aliphatic heterocycles. The maximum absolute atomic E-state index is 15.1. The number of carbonyl (C=O) groups excluding carboxylic acids is 1. The Morgan fingerprint density at radius 3 is 1.59 bits per heavy atom. The quantitative estimate of drug-likeness (QED) is 0.0560. The summed E-state index contributed by atoms with van der Waals surface area (Å²) in [5.74, 6) is -1.31. The third-order valence-electron chi connectivity index (χ3n) is 6.23. The van der Waals surface area contributed by atoms with Gasteiger partial charge in [-0.05, 0) is 97.4 Å². The van der Waals surface area contributed by atoms with Gasteiger partial charge in [-0.3, -0.25) is 4.79 Å². The van der Waals surface area contributed by atoms with Crippen molar-refractivity contribution in [2.24, 2.45) is 0 Å². The van der Waals surface area contributed by atoms with Crippen LogP contribution >= 0.6 is 11.8 Å². The molecule has 0 bridgehead atoms. The van der Waals surface area contributed by atoms with Crippen LogP contribution in [-0.4, -0.2) is 24.3 Å². The van der Waals surface area contributed by atoms with Crippen LogP contribution in [0.15, 0.2) is 140 Å². The standard InChI is InChI=1S/C32H22F3OS2.CHF3O3S/c1-21-19-31(30(35)20-29(21)32(36)22-5-3-2-4-6-22)37-25-11-17-28(18-12-25)38(26-13-7-23(33)8-14-26)27-15-9-24(34)10-16-27;2-1(3,4)8(5,6)7/h2-20H,1H3;(H,5,6,7)/q+1;/p-1. The first-order valence-corrected chi connectivity index (χ1v) is 16.5. The lowest BCUT2D eigenvalue weighted by Gasteiger charge is -2.11. The molecule has 5 aromatic carbocycles. The molecule has 0 unspecified atom stereocenters. The van der Waals surface area contributed by atoms with E-state index >= 15 is 4.39 Å². The second-order valence-corrected chi connectivity index (χ2v) is 14.0. The van der Waals surface area contributed by atoms with Gasteiger partial charge in [0.05, 0.1) is 10.9 Å². The average Bonchev–Trinajstić information content (AvgIpc) is 3.01. The fourth-order valence-corrected chi connectivity index (χ4v) is 7.00. The van der Waals surface area contributed by atoms with E-state index in [-0.39, 0.29) is 17.4 Å². The van der Waals surface area contributed by atoms with Crippen LogP contribution < -0.4 is 0 Å². The van der Waals surface area contributed by atoms with Gasteiger partial charge in [-0.15, -0.1) is 0 Å². The van der Waals surface area contributed by atoms with Crippen molar-refractivity contribution in [3.63, 3.8) is 0 Å². The summed E-state index contributed by atoms with van der Waals surface area (Å²) in [6, 6.07) is 32.2. The zero-order valence-corrected chi connectivity index (χ0v) is 26.0. The lowest BCUT2D eigenvalue weighted by atomic mass is 9.99. The molecule has 0 fully saturated rings. The van der Waals surface area contributed by atoms with Crippen molar-refractivity contribution < 1.29 is 44.1 Å². The summed E-state index contributed by atoms with van der Waals surface area (Å²) in [5.41, 5.74) is -4.08. The maximum Gasteiger partial charge on any atom is 0.485 e. The molecule has 0 saturated heterocycles. The first-order valence-electron chi connectivity index (χ1n) is 13.1. The van der Waals surface area contributed by atoms with E-state index in [2.05, 4.69) is 0 Å². The van der Waals surface area contributed by atoms with Crippen molar-refractivity contribution in [2.45, 2.75) is 36.9 Å². The Bertz CT molecular complexity index is 1870. The van der Waals surface area contributed by atoms with Crippen LogP contribution in [0.1, 0.15) is 21.5 Å². The molecule has 0 spiro atoms. The summed E-state index contributed by atoms with van der Waals surface area (Å²) in [4.78, 5) is 16.9. The van der Waals surface area contributed by atoms with Crippen molar-refractivity contribution in [3.8, 4) is 0 Å². The van der Waals surface area contributed by atoms with Gasteiger partial charge >= 0.3 is 5.51 Å². The zero-order chi connectivity index (χ0) is 33.6. The number of benzene rings is 5. The van der Waals surface area contributed by atoms with Gasteiger partial charge in [0.2, 0.25) is 0 Å². The van der Waals surface area contributed by atoms with Crippen LogP contribution in [-0.2, 0) is 21.0 Å². The van der Waals surface area contributed by atoms with Crippen LogP contribution in [0.4, 0.5) is 26.3 Å². The molecule has 0 N–H and O–H groups in total. The van der Waals surface area contributed by atoms with Gasteiger partial charge in [-0.2, -0.15) is 13.2 Å². The minimum absolute atomic E-state index is 0.212. The van der Waals surface area contributed by atoms with Crippen molar-refractivity contribution in [1.82, 2.24) is 0 Å². The number of hydrogen-bond acceptors (Lipinski definition) is 5. The van der Waals surface area contributed by atoms with Gasteiger partial charge in [0.15, 0.2) is 30.6 Å². The highest BCUT2D eigenvalue weighted by Gasteiger charge is 2.37. The number of aryl methyl sites for hydroxylation is 1. The smallest absolute Gasteiger partial charge is 0.485 e. The van der Waals surface area contributed by atoms with Crippen molar-refractivity contribution in [2.75, 3.05) is 0 Å². The second kappa shape index (κ2) is 14.6. The molecule has 5 rings (SSSR count). The van der Waals surface area contributed by atoms with Gasteiger partial charge in [-0.25, -0.2) is 21.6 Å². The molecule has 0 aliphatic carbocycles. The summed E-state index contributed by atoms with van der Waals surface area (Å²) in [6.45, 7) is 1.81. The predicted octanol–water partition coefficient (Wildman–Crippen LogP) is 8.94. The topological polar surface area (TPSA) is 74.3 Å². The molecular weight excluding hydrogens is 671 g/mol. The third kappa shape index (κ3) is 8.81. The Balaban J connectivity index is 0.000000533. The Hall–Kier alpha value is -4.04. The summed E-state index contributed by atoms with van der Waals surface area (Å²) < 4.78 is 101. The van der Waals surface area contributed by atoms with Crippen LogP contribution in [0.2, 0.25) is 0 Å². The predicted molar refractivity (Wildman–Crippen MR) is 162 cm³/mol. The Morgan fingerprint density at radius 2 is 1.15 bits per heavy atom. The number of rotatable bonds is 7. The highest BCUT2D eigenvalue weighted by atomic mass is 32.2. The molecule has 5 aromatic rings. The van der Waals surface area contributed by atoms with Crippen molar-refractivity contribution in [3.05, 3.63) is 149 Å². The minimum atomic E-state index is -6.09. The first kappa shape index (κ1) is 34.8. The van der Waals surface area contributed by atoms with Crippen molar-refractivity contribution >= 4 is 38.6 Å². The fourth-order valence-electron chi connectivity index (χ4n) is 4.04. The summed E-state index contributed by atoms with van der Waals surface area (Å²) in [7, 11) is -6.67. The molecule has 46 heavy (non-hydrogen) atoms. The molecule has 0 amide bonds. The van der Waals surface area contributed by atoms with Crippen molar-refractivity contribution in [1.29, 1.82) is 0 Å². The van der Waals surface area contributed by atoms with E-state index in [0.717, 1.165) is 19.6 Å². The van der Waals surface area contributed by atoms with E-state index < -0.39 is 32.3 Å². The molecule has 13 heteroatoms. The van der Waals surface area contributed by atoms with E-state index in [9.17, 15) is 26.7 Å². The number of halogens is 6. The average molecular weight is 693 g/mol. The first-order chi connectivity index (χ1) is 21.6. The van der Waals surface area contributed by atoms with Crippen LogP contribution in [0.3, 0.4) is 0 Å². The number of ketones is 1. The van der Waals surface area contributed by atoms with Gasteiger partial charge in [0, 0.05) is 20.9 Å². The van der Waals surface area contributed by atoms with E-state index in [4.69, 9.17) is 13.0 Å². The van der Waals surface area contributed by atoms with Gasteiger partial charge in [-0.1, -0.05) is 42.1 Å². The monoisotopic (exact) mass is 692 g/mol. The highest BCUT2D eigenvalue weighted by Crippen LogP contribution is 2.36. The number of alkyl halides is 3. The van der Waals surface area contributed by atoms with E-state index in [1.807, 2.05) is 30.3 Å². The summed E-state index contributed by atoms with van der Waals surface area (Å²) in [5, 5.41) is 0. The van der Waals surface area contributed by atoms with Crippen LogP contribution in [0.5, 0.6) is 0 Å². The molecule has 0 heterocycles. The summed E-state index contributed by atoms with van der Waals surface area (Å²) >= 11 is 1.28. The summed E-state index contributed by atoms with van der Waals surface area (Å²) in [6.07, 6.45) is 0. The molecule has 0 atom stereocenters. The third-order valence-corrected chi connectivity index (χ3v) is 10.1. The van der Waals surface area contributed by atoms with Gasteiger partial charge in [0.25, 0.3) is 0 Å².